The SMILES string of the molecule is c1ccc(-c2cc3c4c(c2)Sc2ccc5c(c2B4c2ccccc2S3)Sc2cccc3c2B5c2oc4ccccc4c2S3)cc1. The highest BCUT2D eigenvalue weighted by molar-refractivity contribution is 8.02. The molecule has 1 aromatic heterocycles. The molecule has 4 aliphatic rings. The Balaban J connectivity index is 1.18. The third-order valence-corrected chi connectivity index (χ3v) is 14.3. The van der Waals surface area contributed by atoms with Crippen molar-refractivity contribution in [2.24, 2.45) is 0 Å². The average molecular weight is 642 g/mol. The summed E-state index contributed by atoms with van der Waals surface area (Å²) in [4.78, 5) is 10.9. The van der Waals surface area contributed by atoms with Crippen LogP contribution in [0.4, 0.5) is 0 Å². The molecule has 208 valence electrons. The summed E-state index contributed by atoms with van der Waals surface area (Å²) in [6, 6.07) is 44.9. The number of para-hydroxylation sites is 1. The number of rotatable bonds is 1. The summed E-state index contributed by atoms with van der Waals surface area (Å²) >= 11 is 7.72. The third-order valence-electron chi connectivity index (χ3n) is 9.53. The second kappa shape index (κ2) is 9.46. The summed E-state index contributed by atoms with van der Waals surface area (Å²) in [6.07, 6.45) is 0. The van der Waals surface area contributed by atoms with Crippen LogP contribution in [0.3, 0.4) is 0 Å². The van der Waals surface area contributed by atoms with Crippen LogP contribution in [0, 0.1) is 0 Å². The number of hydrogen-bond donors (Lipinski definition) is 0. The predicted molar refractivity (Wildman–Crippen MR) is 193 cm³/mol. The van der Waals surface area contributed by atoms with Crippen LogP contribution >= 0.6 is 47.0 Å². The lowest BCUT2D eigenvalue weighted by molar-refractivity contribution is 0.645. The molecule has 7 heteroatoms. The first-order valence-corrected chi connectivity index (χ1v) is 18.4. The fourth-order valence-electron chi connectivity index (χ4n) is 7.63. The van der Waals surface area contributed by atoms with Gasteiger partial charge in [0.1, 0.15) is 5.58 Å². The molecule has 45 heavy (non-hydrogen) atoms. The lowest BCUT2D eigenvalue weighted by atomic mass is 9.34. The summed E-state index contributed by atoms with van der Waals surface area (Å²) in [5.74, 6) is 0. The van der Waals surface area contributed by atoms with E-state index in [-0.39, 0.29) is 13.4 Å². The minimum absolute atomic E-state index is 0.0842. The first-order chi connectivity index (χ1) is 22.3. The summed E-state index contributed by atoms with van der Waals surface area (Å²) in [5.41, 5.74) is 11.8. The van der Waals surface area contributed by atoms with Crippen molar-refractivity contribution in [1.29, 1.82) is 0 Å². The largest absolute Gasteiger partial charge is 0.469 e. The molecule has 0 N–H and O–H groups in total. The molecule has 4 aliphatic heterocycles. The van der Waals surface area contributed by atoms with Crippen LogP contribution in [0.25, 0.3) is 22.1 Å². The van der Waals surface area contributed by atoms with E-state index in [0.717, 1.165) is 11.2 Å². The van der Waals surface area contributed by atoms with Gasteiger partial charge in [-0.1, -0.05) is 131 Å². The van der Waals surface area contributed by atoms with Crippen LogP contribution in [0.5, 0.6) is 0 Å². The lowest BCUT2D eigenvalue weighted by Crippen LogP contribution is -2.63. The molecule has 1 nitrogen and oxygen atoms in total. The van der Waals surface area contributed by atoms with Gasteiger partial charge in [0.05, 0.1) is 10.6 Å². The smallest absolute Gasteiger partial charge is 0.292 e. The Morgan fingerprint density at radius 2 is 1.09 bits per heavy atom. The normalized spacial score (nSPS) is 14.7. The molecule has 0 amide bonds. The monoisotopic (exact) mass is 642 g/mol. The minimum atomic E-state index is 0.0842. The van der Waals surface area contributed by atoms with Gasteiger partial charge in [0.15, 0.2) is 0 Å². The first-order valence-electron chi connectivity index (χ1n) is 15.1. The van der Waals surface area contributed by atoms with E-state index in [1.54, 1.807) is 0 Å². The Morgan fingerprint density at radius 1 is 0.422 bits per heavy atom. The maximum Gasteiger partial charge on any atom is 0.292 e. The van der Waals surface area contributed by atoms with Crippen LogP contribution in [-0.2, 0) is 0 Å². The highest BCUT2D eigenvalue weighted by atomic mass is 32.2. The zero-order valence-electron chi connectivity index (χ0n) is 23.7. The van der Waals surface area contributed by atoms with Crippen LogP contribution in [0.15, 0.2) is 165 Å². The Labute approximate surface area is 278 Å². The molecule has 5 heterocycles. The molecular weight excluding hydrogens is 622 g/mol. The van der Waals surface area contributed by atoms with Crippen LogP contribution < -0.4 is 33.0 Å². The summed E-state index contributed by atoms with van der Waals surface area (Å²) in [5, 5.41) is 1.22. The van der Waals surface area contributed by atoms with E-state index in [1.165, 1.54) is 83.0 Å². The Bertz CT molecular complexity index is 2400. The molecule has 0 bridgehead atoms. The molecule has 0 fully saturated rings. The van der Waals surface area contributed by atoms with Crippen molar-refractivity contribution in [2.45, 2.75) is 39.2 Å². The molecule has 0 radical (unpaired) electrons. The quantitative estimate of drug-likeness (QED) is 0.179. The van der Waals surface area contributed by atoms with Crippen LogP contribution in [0.2, 0.25) is 0 Å². The Morgan fingerprint density at radius 3 is 1.96 bits per heavy atom. The van der Waals surface area contributed by atoms with E-state index < -0.39 is 0 Å². The Kier molecular flexibility index (Phi) is 5.37. The fraction of sp³-hybridized carbons (Fsp3) is 0. The predicted octanol–water partition coefficient (Wildman–Crippen LogP) is 6.99. The van der Waals surface area contributed by atoms with Gasteiger partial charge >= 0.3 is 0 Å². The highest BCUT2D eigenvalue weighted by Crippen LogP contribution is 2.45. The molecule has 6 aromatic carbocycles. The summed E-state index contributed by atoms with van der Waals surface area (Å²) in [7, 11) is 0. The molecule has 0 unspecified atom stereocenters. The van der Waals surface area contributed by atoms with E-state index in [2.05, 4.69) is 121 Å². The van der Waals surface area contributed by atoms with Gasteiger partial charge in [0, 0.05) is 39.7 Å². The van der Waals surface area contributed by atoms with Crippen molar-refractivity contribution >= 4 is 104 Å². The van der Waals surface area contributed by atoms with Gasteiger partial charge in [0.25, 0.3) is 6.71 Å². The molecule has 0 saturated heterocycles. The molecule has 0 aliphatic carbocycles. The van der Waals surface area contributed by atoms with Gasteiger partial charge in [-0.15, -0.1) is 0 Å². The van der Waals surface area contributed by atoms with Gasteiger partial charge in [-0.3, -0.25) is 0 Å². The zero-order chi connectivity index (χ0) is 29.2. The van der Waals surface area contributed by atoms with E-state index in [9.17, 15) is 0 Å². The van der Waals surface area contributed by atoms with Crippen molar-refractivity contribution in [3.8, 4) is 11.1 Å². The molecule has 0 saturated carbocycles. The maximum atomic E-state index is 6.75. The number of benzene rings is 6. The first kappa shape index (κ1) is 25.6. The van der Waals surface area contributed by atoms with Crippen molar-refractivity contribution in [1.82, 2.24) is 0 Å². The van der Waals surface area contributed by atoms with E-state index in [1.807, 2.05) is 47.0 Å². The van der Waals surface area contributed by atoms with E-state index >= 15 is 0 Å². The van der Waals surface area contributed by atoms with Gasteiger partial charge in [-0.25, -0.2) is 0 Å². The average Bonchev–Trinajstić information content (AvgIpc) is 3.46. The lowest BCUT2D eigenvalue weighted by Gasteiger charge is -2.37. The van der Waals surface area contributed by atoms with Crippen LogP contribution in [0.1, 0.15) is 0 Å². The van der Waals surface area contributed by atoms with E-state index in [0.29, 0.717) is 0 Å². The maximum absolute atomic E-state index is 6.75. The number of hydrogen-bond acceptors (Lipinski definition) is 5. The third kappa shape index (κ3) is 3.56. The topological polar surface area (TPSA) is 13.1 Å². The van der Waals surface area contributed by atoms with Gasteiger partial charge < -0.3 is 4.42 Å². The summed E-state index contributed by atoms with van der Waals surface area (Å²) < 4.78 is 6.75. The Hall–Kier alpha value is -3.61. The zero-order valence-corrected chi connectivity index (χ0v) is 27.0. The minimum Gasteiger partial charge on any atom is -0.469 e. The molecular formula is C38H20B2OS4. The van der Waals surface area contributed by atoms with Crippen LogP contribution in [-0.4, -0.2) is 13.4 Å². The van der Waals surface area contributed by atoms with Gasteiger partial charge in [-0.2, -0.15) is 0 Å². The van der Waals surface area contributed by atoms with Crippen molar-refractivity contribution in [3.05, 3.63) is 121 Å². The van der Waals surface area contributed by atoms with Crippen molar-refractivity contribution in [2.75, 3.05) is 0 Å². The summed E-state index contributed by atoms with van der Waals surface area (Å²) in [6.45, 7) is 0.273. The number of fused-ring (bicyclic) bond motifs is 11. The second-order valence-corrected chi connectivity index (χ2v) is 16.2. The highest BCUT2D eigenvalue weighted by Gasteiger charge is 2.46. The molecule has 11 rings (SSSR count). The second-order valence-electron chi connectivity index (χ2n) is 11.9. The van der Waals surface area contributed by atoms with Crippen molar-refractivity contribution < 1.29 is 4.42 Å². The van der Waals surface area contributed by atoms with E-state index in [4.69, 9.17) is 4.42 Å². The molecule has 7 aromatic rings. The molecule has 0 spiro atoms. The molecule has 0 atom stereocenters. The fourth-order valence-corrected chi connectivity index (χ4v) is 12.8. The standard InChI is InChI=1S/C38H20B2OS4/c1-2-9-21(10-3-1)22-19-31-34-32(20-22)43-30-18-17-25-37(35(30)39(34)24-12-5-7-14-27(24)42-31)45-29-16-8-15-28-33(29)40(25)38-36(44-28)23-11-4-6-13-26(23)41-38/h1-20H. The van der Waals surface area contributed by atoms with Gasteiger partial charge in [0.2, 0.25) is 6.71 Å². The van der Waals surface area contributed by atoms with Crippen molar-refractivity contribution in [3.63, 3.8) is 0 Å². The van der Waals surface area contributed by atoms with Gasteiger partial charge in [-0.05, 0) is 76.0 Å². The number of furan rings is 1.